The molecule has 1 saturated heterocycles. The van der Waals surface area contributed by atoms with E-state index in [0.29, 0.717) is 31.5 Å². The first-order valence-corrected chi connectivity index (χ1v) is 10.3. The van der Waals surface area contributed by atoms with Crippen molar-refractivity contribution in [1.29, 1.82) is 0 Å². The molecule has 3 aliphatic rings. The molecule has 1 aromatic carbocycles. The molecule has 1 aromatic rings. The van der Waals surface area contributed by atoms with E-state index < -0.39 is 0 Å². The number of piperidine rings is 1. The van der Waals surface area contributed by atoms with Gasteiger partial charge in [0, 0.05) is 55.6 Å². The fourth-order valence-corrected chi connectivity index (χ4v) is 4.12. The number of carbonyl (C=O) groups excluding carboxylic acids is 1. The predicted molar refractivity (Wildman–Crippen MR) is 124 cm³/mol. The van der Waals surface area contributed by atoms with Gasteiger partial charge in [0.25, 0.3) is 0 Å². The molecule has 3 N–H and O–H groups in total. The van der Waals surface area contributed by atoms with Gasteiger partial charge in [0.15, 0.2) is 5.96 Å². The summed E-state index contributed by atoms with van der Waals surface area (Å²) in [4.78, 5) is 15.7. The second-order valence-corrected chi connectivity index (χ2v) is 7.91. The number of amides is 1. The van der Waals surface area contributed by atoms with Gasteiger partial charge in [-0.2, -0.15) is 0 Å². The minimum Gasteiger partial charge on any atom is -0.494 e. The summed E-state index contributed by atoms with van der Waals surface area (Å²) >= 11 is 0. The molecule has 29 heavy (non-hydrogen) atoms. The molecule has 1 aliphatic carbocycles. The van der Waals surface area contributed by atoms with E-state index in [1.807, 2.05) is 6.92 Å². The third-order valence-corrected chi connectivity index (χ3v) is 5.67. The highest BCUT2D eigenvalue weighted by Gasteiger charge is 2.42. The molecule has 4 rings (SSSR count). The summed E-state index contributed by atoms with van der Waals surface area (Å²) in [6.07, 6.45) is 3.60. The van der Waals surface area contributed by atoms with Gasteiger partial charge in [-0.15, -0.1) is 24.0 Å². The molecular formula is C21H31IN4O3. The van der Waals surface area contributed by atoms with Crippen molar-refractivity contribution in [3.05, 3.63) is 23.3 Å². The number of hydrogen-bond donors (Lipinski definition) is 3. The van der Waals surface area contributed by atoms with Gasteiger partial charge >= 0.3 is 0 Å². The molecule has 2 heterocycles. The second-order valence-electron chi connectivity index (χ2n) is 7.91. The standard InChI is InChI=1S/C21H30N4O3.HI/c1-4-27-19-8-13-7-12(2)28-18(13)10-16(19)15-9-17(15)25-21(22-3)24-14-5-6-20(26)23-11-14;/h8,10,12,14-15,17H,4-7,9,11H2,1-3H3,(H,23,26)(H2,22,24,25);1H. The van der Waals surface area contributed by atoms with Gasteiger partial charge in [0.05, 0.1) is 6.61 Å². The molecule has 8 heteroatoms. The molecule has 160 valence electrons. The first-order chi connectivity index (χ1) is 13.6. The first-order valence-electron chi connectivity index (χ1n) is 10.3. The van der Waals surface area contributed by atoms with Crippen LogP contribution >= 0.6 is 24.0 Å². The van der Waals surface area contributed by atoms with Crippen molar-refractivity contribution in [2.24, 2.45) is 4.99 Å². The summed E-state index contributed by atoms with van der Waals surface area (Å²) in [5.74, 6) is 3.27. The van der Waals surface area contributed by atoms with Gasteiger partial charge in [-0.05, 0) is 38.8 Å². The van der Waals surface area contributed by atoms with Crippen molar-refractivity contribution in [3.8, 4) is 11.5 Å². The smallest absolute Gasteiger partial charge is 0.220 e. The van der Waals surface area contributed by atoms with Crippen LogP contribution in [0.4, 0.5) is 0 Å². The van der Waals surface area contributed by atoms with Crippen LogP contribution in [-0.2, 0) is 11.2 Å². The van der Waals surface area contributed by atoms with E-state index in [2.05, 4.69) is 40.0 Å². The summed E-state index contributed by atoms with van der Waals surface area (Å²) < 4.78 is 11.9. The summed E-state index contributed by atoms with van der Waals surface area (Å²) in [6, 6.07) is 4.86. The second kappa shape index (κ2) is 9.40. The summed E-state index contributed by atoms with van der Waals surface area (Å²) in [5, 5.41) is 9.85. The highest BCUT2D eigenvalue weighted by atomic mass is 127. The maximum Gasteiger partial charge on any atom is 0.220 e. The van der Waals surface area contributed by atoms with Crippen molar-refractivity contribution in [2.75, 3.05) is 20.2 Å². The topological polar surface area (TPSA) is 84.0 Å². The highest BCUT2D eigenvalue weighted by molar-refractivity contribution is 14.0. The maximum atomic E-state index is 11.3. The van der Waals surface area contributed by atoms with E-state index in [1.54, 1.807) is 7.05 Å². The van der Waals surface area contributed by atoms with Gasteiger partial charge in [-0.25, -0.2) is 0 Å². The molecule has 2 fully saturated rings. The number of guanidine groups is 1. The molecular weight excluding hydrogens is 483 g/mol. The minimum absolute atomic E-state index is 0. The van der Waals surface area contributed by atoms with Crippen molar-refractivity contribution >= 4 is 35.8 Å². The third kappa shape index (κ3) is 5.07. The number of fused-ring (bicyclic) bond motifs is 1. The van der Waals surface area contributed by atoms with Crippen LogP contribution in [0.15, 0.2) is 17.1 Å². The van der Waals surface area contributed by atoms with E-state index in [4.69, 9.17) is 9.47 Å². The van der Waals surface area contributed by atoms with Gasteiger partial charge in [0.2, 0.25) is 5.91 Å². The lowest BCUT2D eigenvalue weighted by Crippen LogP contribution is -2.51. The van der Waals surface area contributed by atoms with Crippen LogP contribution in [0.2, 0.25) is 0 Å². The molecule has 0 spiro atoms. The van der Waals surface area contributed by atoms with Crippen LogP contribution in [0.3, 0.4) is 0 Å². The summed E-state index contributed by atoms with van der Waals surface area (Å²) in [6.45, 7) is 5.42. The van der Waals surface area contributed by atoms with E-state index >= 15 is 0 Å². The molecule has 0 bridgehead atoms. The van der Waals surface area contributed by atoms with E-state index in [1.165, 1.54) is 11.1 Å². The molecule has 1 amide bonds. The van der Waals surface area contributed by atoms with E-state index in [0.717, 1.165) is 36.7 Å². The molecule has 0 aromatic heterocycles. The summed E-state index contributed by atoms with van der Waals surface area (Å²) in [5.41, 5.74) is 2.45. The first kappa shape index (κ1) is 22.0. The van der Waals surface area contributed by atoms with Gasteiger partial charge < -0.3 is 25.4 Å². The lowest BCUT2D eigenvalue weighted by atomic mass is 10.0. The Bertz CT molecular complexity index is 775. The lowest BCUT2D eigenvalue weighted by Gasteiger charge is -2.25. The van der Waals surface area contributed by atoms with Crippen molar-refractivity contribution in [1.82, 2.24) is 16.0 Å². The number of hydrogen-bond acceptors (Lipinski definition) is 4. The number of benzene rings is 1. The normalized spacial score (nSPS) is 27.8. The third-order valence-electron chi connectivity index (χ3n) is 5.67. The Balaban J connectivity index is 0.00000240. The molecule has 1 saturated carbocycles. The van der Waals surface area contributed by atoms with Gasteiger partial charge in [-0.3, -0.25) is 9.79 Å². The van der Waals surface area contributed by atoms with Crippen LogP contribution in [-0.4, -0.2) is 50.3 Å². The molecule has 4 unspecified atom stereocenters. The summed E-state index contributed by atoms with van der Waals surface area (Å²) in [7, 11) is 1.78. The lowest BCUT2D eigenvalue weighted by molar-refractivity contribution is -0.122. The van der Waals surface area contributed by atoms with Crippen molar-refractivity contribution < 1.29 is 14.3 Å². The Morgan fingerprint density at radius 2 is 2.21 bits per heavy atom. The predicted octanol–water partition coefficient (Wildman–Crippen LogP) is 2.33. The zero-order chi connectivity index (χ0) is 19.7. The van der Waals surface area contributed by atoms with Crippen LogP contribution in [0.25, 0.3) is 0 Å². The van der Waals surface area contributed by atoms with E-state index in [-0.39, 0.29) is 42.0 Å². The monoisotopic (exact) mass is 514 g/mol. The van der Waals surface area contributed by atoms with Crippen LogP contribution < -0.4 is 25.4 Å². The number of nitrogens with one attached hydrogen (secondary N) is 3. The minimum atomic E-state index is 0. The Hall–Kier alpha value is -1.71. The molecule has 2 aliphatic heterocycles. The van der Waals surface area contributed by atoms with Crippen LogP contribution in [0, 0.1) is 0 Å². The number of carbonyl (C=O) groups is 1. The average Bonchev–Trinajstić information content (AvgIpc) is 3.34. The molecule has 4 atom stereocenters. The number of nitrogens with zero attached hydrogens (tertiary/aromatic N) is 1. The Labute approximate surface area is 189 Å². The van der Waals surface area contributed by atoms with Crippen LogP contribution in [0.1, 0.15) is 50.2 Å². The Morgan fingerprint density at radius 1 is 1.38 bits per heavy atom. The number of aliphatic imine (C=N–C) groups is 1. The van der Waals surface area contributed by atoms with Crippen molar-refractivity contribution in [3.63, 3.8) is 0 Å². The number of halogens is 1. The quantitative estimate of drug-likeness (QED) is 0.319. The van der Waals surface area contributed by atoms with Gasteiger partial charge in [0.1, 0.15) is 17.6 Å². The zero-order valence-electron chi connectivity index (χ0n) is 17.3. The fourth-order valence-electron chi connectivity index (χ4n) is 4.12. The Morgan fingerprint density at radius 3 is 2.90 bits per heavy atom. The number of ether oxygens (including phenoxy) is 2. The number of rotatable bonds is 5. The highest BCUT2D eigenvalue weighted by Crippen LogP contribution is 2.48. The largest absolute Gasteiger partial charge is 0.494 e. The van der Waals surface area contributed by atoms with E-state index in [9.17, 15) is 4.79 Å². The zero-order valence-corrected chi connectivity index (χ0v) is 19.6. The maximum absolute atomic E-state index is 11.3. The fraction of sp³-hybridized carbons (Fsp3) is 0.619. The average molecular weight is 514 g/mol. The Kier molecular flexibility index (Phi) is 7.13. The van der Waals surface area contributed by atoms with Crippen molar-refractivity contribution in [2.45, 2.75) is 63.6 Å². The SMILES string of the molecule is CCOc1cc2c(cc1C1CC1NC(=NC)NC1CCC(=O)NC1)OC(C)C2.I. The molecule has 7 nitrogen and oxygen atoms in total. The van der Waals surface area contributed by atoms with Gasteiger partial charge in [-0.1, -0.05) is 0 Å². The molecule has 0 radical (unpaired) electrons. The van der Waals surface area contributed by atoms with Crippen LogP contribution in [0.5, 0.6) is 11.5 Å².